The molecular weight excluding hydrogens is 392 g/mol. The summed E-state index contributed by atoms with van der Waals surface area (Å²) in [6.45, 7) is 6.55. The summed E-state index contributed by atoms with van der Waals surface area (Å²) in [6.07, 6.45) is 7.48. The fourth-order valence-electron chi connectivity index (χ4n) is 3.86. The molecule has 1 atom stereocenters. The number of nitrogens with one attached hydrogen (secondary N) is 1. The minimum atomic E-state index is -0.245. The molecule has 1 heterocycles. The van der Waals surface area contributed by atoms with E-state index in [4.69, 9.17) is 10.2 Å². The second-order valence-corrected chi connectivity index (χ2v) is 8.62. The van der Waals surface area contributed by atoms with Gasteiger partial charge in [0, 0.05) is 31.8 Å². The summed E-state index contributed by atoms with van der Waals surface area (Å²) in [6, 6.07) is 6.22. The predicted octanol–water partition coefficient (Wildman–Crippen LogP) is 3.79. The van der Waals surface area contributed by atoms with Gasteiger partial charge in [-0.1, -0.05) is 46.1 Å². The van der Waals surface area contributed by atoms with Gasteiger partial charge >= 0.3 is 0 Å². The zero-order valence-corrected chi connectivity index (χ0v) is 19.2. The molecule has 0 radical (unpaired) electrons. The molecule has 0 spiro atoms. The maximum Gasteiger partial charge on any atom is 0.220 e. The zero-order valence-electron chi connectivity index (χ0n) is 19.2. The first kappa shape index (κ1) is 24.9. The SMILES string of the molecule is CC(C)c1ccc2nc(CCC(=O)NC(CN)C3CCCCC3)oc2c1.CCC(N)=O. The molecule has 1 saturated carbocycles. The van der Waals surface area contributed by atoms with Gasteiger partial charge in [-0.15, -0.1) is 0 Å². The molecule has 1 unspecified atom stereocenters. The van der Waals surface area contributed by atoms with Crippen LogP contribution < -0.4 is 16.8 Å². The third-order valence-electron chi connectivity index (χ3n) is 5.86. The number of aromatic nitrogens is 1. The van der Waals surface area contributed by atoms with Crippen molar-refractivity contribution in [3.8, 4) is 0 Å². The topological polar surface area (TPSA) is 124 Å². The van der Waals surface area contributed by atoms with Gasteiger partial charge in [0.25, 0.3) is 0 Å². The molecule has 7 nitrogen and oxygen atoms in total. The molecule has 1 fully saturated rings. The summed E-state index contributed by atoms with van der Waals surface area (Å²) in [5.41, 5.74) is 13.4. The van der Waals surface area contributed by atoms with Gasteiger partial charge in [-0.25, -0.2) is 4.98 Å². The van der Waals surface area contributed by atoms with Crippen LogP contribution in [0.5, 0.6) is 0 Å². The number of nitrogens with two attached hydrogens (primary N) is 2. The average molecular weight is 431 g/mol. The molecule has 1 aromatic carbocycles. The van der Waals surface area contributed by atoms with Crippen molar-refractivity contribution in [2.45, 2.75) is 84.1 Å². The quantitative estimate of drug-likeness (QED) is 0.588. The Bertz CT molecular complexity index is 840. The number of carbonyl (C=O) groups excluding carboxylic acids is 2. The molecule has 1 aliphatic carbocycles. The van der Waals surface area contributed by atoms with Gasteiger partial charge in [0.1, 0.15) is 5.52 Å². The fraction of sp³-hybridized carbons (Fsp3) is 0.625. The number of benzene rings is 1. The van der Waals surface area contributed by atoms with Crippen molar-refractivity contribution in [2.24, 2.45) is 17.4 Å². The van der Waals surface area contributed by atoms with Crippen molar-refractivity contribution in [2.75, 3.05) is 6.54 Å². The van der Waals surface area contributed by atoms with E-state index < -0.39 is 0 Å². The Morgan fingerprint density at radius 1 is 1.23 bits per heavy atom. The van der Waals surface area contributed by atoms with Crippen LogP contribution in [-0.4, -0.2) is 29.4 Å². The molecule has 0 aliphatic heterocycles. The Balaban J connectivity index is 0.000000614. The van der Waals surface area contributed by atoms with E-state index >= 15 is 0 Å². The number of nitrogens with zero attached hydrogens (tertiary/aromatic N) is 1. The third-order valence-corrected chi connectivity index (χ3v) is 5.86. The van der Waals surface area contributed by atoms with Crippen molar-refractivity contribution >= 4 is 22.9 Å². The van der Waals surface area contributed by atoms with Crippen LogP contribution >= 0.6 is 0 Å². The molecule has 31 heavy (non-hydrogen) atoms. The highest BCUT2D eigenvalue weighted by molar-refractivity contribution is 5.77. The van der Waals surface area contributed by atoms with Gasteiger partial charge in [-0.05, 0) is 42.4 Å². The van der Waals surface area contributed by atoms with Crippen molar-refractivity contribution in [3.05, 3.63) is 29.7 Å². The molecule has 172 valence electrons. The Morgan fingerprint density at radius 3 is 2.48 bits per heavy atom. The summed E-state index contributed by atoms with van der Waals surface area (Å²) in [4.78, 5) is 26.4. The molecule has 1 aliphatic rings. The number of primary amides is 1. The molecule has 3 rings (SSSR count). The predicted molar refractivity (Wildman–Crippen MR) is 123 cm³/mol. The Kier molecular flexibility index (Phi) is 9.98. The second kappa shape index (κ2) is 12.4. The lowest BCUT2D eigenvalue weighted by atomic mass is 9.84. The van der Waals surface area contributed by atoms with E-state index in [9.17, 15) is 9.59 Å². The lowest BCUT2D eigenvalue weighted by Gasteiger charge is -2.30. The van der Waals surface area contributed by atoms with Crippen LogP contribution in [0, 0.1) is 5.92 Å². The monoisotopic (exact) mass is 430 g/mol. The van der Waals surface area contributed by atoms with Crippen LogP contribution in [0.2, 0.25) is 0 Å². The number of oxazole rings is 1. The lowest BCUT2D eigenvalue weighted by Crippen LogP contribution is -2.46. The number of hydrogen-bond acceptors (Lipinski definition) is 5. The van der Waals surface area contributed by atoms with Gasteiger partial charge in [0.2, 0.25) is 11.8 Å². The zero-order chi connectivity index (χ0) is 22.8. The number of carbonyl (C=O) groups is 2. The summed E-state index contributed by atoms with van der Waals surface area (Å²) in [7, 11) is 0. The Labute approximate surface area is 185 Å². The number of hydrogen-bond donors (Lipinski definition) is 3. The molecule has 7 heteroatoms. The third kappa shape index (κ3) is 7.98. The molecule has 0 bridgehead atoms. The van der Waals surface area contributed by atoms with E-state index in [1.807, 2.05) is 12.1 Å². The largest absolute Gasteiger partial charge is 0.441 e. The van der Waals surface area contributed by atoms with Crippen molar-refractivity contribution in [3.63, 3.8) is 0 Å². The highest BCUT2D eigenvalue weighted by Gasteiger charge is 2.24. The molecule has 5 N–H and O–H groups in total. The lowest BCUT2D eigenvalue weighted by molar-refractivity contribution is -0.122. The number of aryl methyl sites for hydroxylation is 1. The standard InChI is InChI=1S/C21H31N3O2.C3H7NO/c1-14(2)16-8-9-17-19(12-16)26-21(24-17)11-10-20(25)23-18(13-22)15-6-4-3-5-7-15;1-2-3(4)5/h8-9,12,14-15,18H,3-7,10-11,13,22H2,1-2H3,(H,23,25);2H2,1H3,(H2,4,5). The van der Waals surface area contributed by atoms with E-state index in [0.717, 1.165) is 11.1 Å². The van der Waals surface area contributed by atoms with Gasteiger partial charge in [0.05, 0.1) is 0 Å². The summed E-state index contributed by atoms with van der Waals surface area (Å²) in [5, 5.41) is 3.13. The smallest absolute Gasteiger partial charge is 0.220 e. The maximum absolute atomic E-state index is 12.4. The van der Waals surface area contributed by atoms with Crippen LogP contribution in [0.3, 0.4) is 0 Å². The summed E-state index contributed by atoms with van der Waals surface area (Å²) < 4.78 is 5.84. The van der Waals surface area contributed by atoms with Gasteiger partial charge < -0.3 is 21.2 Å². The minimum Gasteiger partial charge on any atom is -0.441 e. The number of amides is 2. The van der Waals surface area contributed by atoms with E-state index in [1.165, 1.54) is 37.7 Å². The second-order valence-electron chi connectivity index (χ2n) is 8.62. The van der Waals surface area contributed by atoms with Crippen molar-refractivity contribution in [1.29, 1.82) is 0 Å². The van der Waals surface area contributed by atoms with Crippen LogP contribution in [0.1, 0.15) is 83.1 Å². The normalized spacial score (nSPS) is 15.4. The highest BCUT2D eigenvalue weighted by Crippen LogP contribution is 2.26. The maximum atomic E-state index is 12.4. The summed E-state index contributed by atoms with van der Waals surface area (Å²) in [5.74, 6) is 1.39. The molecule has 0 saturated heterocycles. The van der Waals surface area contributed by atoms with Crippen LogP contribution in [-0.2, 0) is 16.0 Å². The average Bonchev–Trinajstić information content (AvgIpc) is 3.19. The van der Waals surface area contributed by atoms with Gasteiger partial charge in [0.15, 0.2) is 11.5 Å². The van der Waals surface area contributed by atoms with E-state index in [-0.39, 0.29) is 17.9 Å². The first-order valence-corrected chi connectivity index (χ1v) is 11.5. The van der Waals surface area contributed by atoms with Crippen LogP contribution in [0.25, 0.3) is 11.1 Å². The molecule has 1 aromatic heterocycles. The first-order chi connectivity index (χ1) is 14.8. The summed E-state index contributed by atoms with van der Waals surface area (Å²) >= 11 is 0. The number of rotatable bonds is 8. The van der Waals surface area contributed by atoms with E-state index in [0.29, 0.717) is 43.5 Å². The van der Waals surface area contributed by atoms with E-state index in [1.54, 1.807) is 6.92 Å². The molecule has 2 aromatic rings. The van der Waals surface area contributed by atoms with E-state index in [2.05, 4.69) is 35.9 Å². The first-order valence-electron chi connectivity index (χ1n) is 11.5. The Morgan fingerprint density at radius 2 is 1.90 bits per heavy atom. The minimum absolute atomic E-state index is 0.0381. The molecule has 2 amide bonds. The van der Waals surface area contributed by atoms with Crippen molar-refractivity contribution < 1.29 is 14.0 Å². The van der Waals surface area contributed by atoms with Crippen LogP contribution in [0.15, 0.2) is 22.6 Å². The highest BCUT2D eigenvalue weighted by atomic mass is 16.3. The Hall–Kier alpha value is -2.41. The molecular formula is C24H38N4O3. The van der Waals surface area contributed by atoms with Crippen LogP contribution in [0.4, 0.5) is 0 Å². The van der Waals surface area contributed by atoms with Gasteiger partial charge in [-0.3, -0.25) is 9.59 Å². The number of fused-ring (bicyclic) bond motifs is 1. The van der Waals surface area contributed by atoms with Crippen molar-refractivity contribution in [1.82, 2.24) is 10.3 Å². The van der Waals surface area contributed by atoms with Gasteiger partial charge in [-0.2, -0.15) is 0 Å². The fourth-order valence-corrected chi connectivity index (χ4v) is 3.86.